The number of benzene rings is 3. The number of rotatable bonds is 6. The van der Waals surface area contributed by atoms with E-state index in [9.17, 15) is 24.5 Å². The largest absolute Gasteiger partial charge is 0.462 e. The lowest BCUT2D eigenvalue weighted by atomic mass is 10.1. The van der Waals surface area contributed by atoms with Crippen molar-refractivity contribution in [3.05, 3.63) is 93.5 Å². The SMILES string of the molecule is CCOC(=O)c1ccc(N2C(=O)c3ccc(Oc4ccc([N+](=O)[O-])cc4)cc3C2=O)cc1. The number of fused-ring (bicyclic) bond motifs is 1. The molecule has 160 valence electrons. The van der Waals surface area contributed by atoms with Crippen LogP contribution in [0.3, 0.4) is 0 Å². The summed E-state index contributed by atoms with van der Waals surface area (Å²) in [5.74, 6) is -0.856. The Morgan fingerprint density at radius 1 is 0.906 bits per heavy atom. The Morgan fingerprint density at radius 3 is 2.16 bits per heavy atom. The quantitative estimate of drug-likeness (QED) is 0.246. The van der Waals surface area contributed by atoms with Crippen molar-refractivity contribution in [2.24, 2.45) is 0 Å². The van der Waals surface area contributed by atoms with Crippen LogP contribution in [0.25, 0.3) is 0 Å². The number of nitro benzene ring substituents is 1. The minimum Gasteiger partial charge on any atom is -0.462 e. The summed E-state index contributed by atoms with van der Waals surface area (Å²) in [5, 5.41) is 10.8. The number of nitrogens with zero attached hydrogens (tertiary/aromatic N) is 2. The first-order valence-corrected chi connectivity index (χ1v) is 9.61. The van der Waals surface area contributed by atoms with Crippen LogP contribution < -0.4 is 9.64 Å². The van der Waals surface area contributed by atoms with Crippen LogP contribution in [-0.4, -0.2) is 29.3 Å². The maximum Gasteiger partial charge on any atom is 0.338 e. The third-order valence-electron chi connectivity index (χ3n) is 4.78. The average Bonchev–Trinajstić information content (AvgIpc) is 3.04. The molecule has 9 heteroatoms. The molecule has 0 spiro atoms. The van der Waals surface area contributed by atoms with E-state index in [1.165, 1.54) is 60.7 Å². The van der Waals surface area contributed by atoms with Crippen LogP contribution in [0.2, 0.25) is 0 Å². The van der Waals surface area contributed by atoms with Crippen molar-refractivity contribution in [3.63, 3.8) is 0 Å². The fraction of sp³-hybridized carbons (Fsp3) is 0.0870. The summed E-state index contributed by atoms with van der Waals surface area (Å²) in [5.41, 5.74) is 0.953. The zero-order valence-corrected chi connectivity index (χ0v) is 16.8. The van der Waals surface area contributed by atoms with Gasteiger partial charge in [0.15, 0.2) is 0 Å². The fourth-order valence-corrected chi connectivity index (χ4v) is 3.25. The van der Waals surface area contributed by atoms with Crippen molar-refractivity contribution >= 4 is 29.2 Å². The van der Waals surface area contributed by atoms with Gasteiger partial charge in [-0.3, -0.25) is 19.7 Å². The molecule has 0 unspecified atom stereocenters. The van der Waals surface area contributed by atoms with Gasteiger partial charge in [-0.25, -0.2) is 9.69 Å². The second-order valence-corrected chi connectivity index (χ2v) is 6.77. The highest BCUT2D eigenvalue weighted by Gasteiger charge is 2.37. The van der Waals surface area contributed by atoms with Crippen molar-refractivity contribution in [3.8, 4) is 11.5 Å². The van der Waals surface area contributed by atoms with Gasteiger partial charge in [0.1, 0.15) is 11.5 Å². The molecule has 1 aliphatic rings. The van der Waals surface area contributed by atoms with Gasteiger partial charge >= 0.3 is 5.97 Å². The van der Waals surface area contributed by atoms with Gasteiger partial charge in [-0.1, -0.05) is 0 Å². The lowest BCUT2D eigenvalue weighted by Gasteiger charge is -2.14. The topological polar surface area (TPSA) is 116 Å². The first-order chi connectivity index (χ1) is 15.4. The minimum atomic E-state index is -0.525. The number of ether oxygens (including phenoxy) is 2. The number of nitro groups is 1. The van der Waals surface area contributed by atoms with Crippen LogP contribution in [0.15, 0.2) is 66.7 Å². The first-order valence-electron chi connectivity index (χ1n) is 9.61. The number of amides is 2. The van der Waals surface area contributed by atoms with E-state index in [0.29, 0.717) is 22.7 Å². The maximum absolute atomic E-state index is 12.9. The summed E-state index contributed by atoms with van der Waals surface area (Å²) < 4.78 is 10.6. The summed E-state index contributed by atoms with van der Waals surface area (Å²) in [6.07, 6.45) is 0. The monoisotopic (exact) mass is 432 g/mol. The Bertz CT molecular complexity index is 1230. The number of esters is 1. The second-order valence-electron chi connectivity index (χ2n) is 6.77. The van der Waals surface area contributed by atoms with E-state index in [1.807, 2.05) is 0 Å². The number of hydrogen-bond acceptors (Lipinski definition) is 7. The molecule has 9 nitrogen and oxygen atoms in total. The number of imide groups is 1. The van der Waals surface area contributed by atoms with Crippen LogP contribution in [0, 0.1) is 10.1 Å². The summed E-state index contributed by atoms with van der Waals surface area (Å²) in [4.78, 5) is 48.8. The van der Waals surface area contributed by atoms with Crippen molar-refractivity contribution in [2.75, 3.05) is 11.5 Å². The minimum absolute atomic E-state index is 0.0725. The Morgan fingerprint density at radius 2 is 1.53 bits per heavy atom. The molecule has 0 fully saturated rings. The van der Waals surface area contributed by atoms with E-state index < -0.39 is 22.7 Å². The molecule has 1 heterocycles. The van der Waals surface area contributed by atoms with Gasteiger partial charge in [-0.2, -0.15) is 0 Å². The molecule has 0 saturated heterocycles. The zero-order valence-electron chi connectivity index (χ0n) is 16.8. The highest BCUT2D eigenvalue weighted by atomic mass is 16.6. The molecule has 2 amide bonds. The molecule has 4 rings (SSSR count). The van der Waals surface area contributed by atoms with Crippen molar-refractivity contribution < 1.29 is 28.8 Å². The van der Waals surface area contributed by atoms with E-state index in [4.69, 9.17) is 9.47 Å². The Labute approximate surface area is 181 Å². The summed E-state index contributed by atoms with van der Waals surface area (Å²) in [6.45, 7) is 1.94. The van der Waals surface area contributed by atoms with Gasteiger partial charge in [0.05, 0.1) is 33.9 Å². The lowest BCUT2D eigenvalue weighted by Crippen LogP contribution is -2.29. The van der Waals surface area contributed by atoms with Crippen LogP contribution in [0.5, 0.6) is 11.5 Å². The number of non-ortho nitro benzene ring substituents is 1. The number of anilines is 1. The zero-order chi connectivity index (χ0) is 22.8. The molecule has 0 bridgehead atoms. The maximum atomic E-state index is 12.9. The summed E-state index contributed by atoms with van der Waals surface area (Å²) in [6, 6.07) is 15.9. The standard InChI is InChI=1S/C23H16N2O7/c1-2-31-23(28)14-3-5-15(6-4-14)24-21(26)19-12-11-18(13-20(19)22(24)27)32-17-9-7-16(8-10-17)25(29)30/h3-13H,2H2,1H3. The van der Waals surface area contributed by atoms with Gasteiger partial charge in [-0.05, 0) is 61.5 Å². The summed E-state index contributed by atoms with van der Waals surface area (Å²) in [7, 11) is 0. The predicted octanol–water partition coefficient (Wildman–Crippen LogP) is 4.36. The van der Waals surface area contributed by atoms with E-state index in [1.54, 1.807) is 13.0 Å². The molecule has 0 N–H and O–H groups in total. The van der Waals surface area contributed by atoms with Gasteiger partial charge < -0.3 is 9.47 Å². The molecule has 0 aliphatic carbocycles. The predicted molar refractivity (Wildman–Crippen MR) is 113 cm³/mol. The number of carbonyl (C=O) groups is 3. The molecule has 3 aromatic carbocycles. The Hall–Kier alpha value is -4.53. The molecular formula is C23H16N2O7. The molecular weight excluding hydrogens is 416 g/mol. The third-order valence-corrected chi connectivity index (χ3v) is 4.78. The highest BCUT2D eigenvalue weighted by molar-refractivity contribution is 6.34. The number of carbonyl (C=O) groups excluding carboxylic acids is 3. The molecule has 32 heavy (non-hydrogen) atoms. The van der Waals surface area contributed by atoms with E-state index in [-0.39, 0.29) is 23.4 Å². The van der Waals surface area contributed by atoms with Gasteiger partial charge in [0, 0.05) is 12.1 Å². The van der Waals surface area contributed by atoms with Gasteiger partial charge in [0.2, 0.25) is 0 Å². The average molecular weight is 432 g/mol. The normalized spacial score (nSPS) is 12.5. The van der Waals surface area contributed by atoms with Crippen LogP contribution in [0.4, 0.5) is 11.4 Å². The molecule has 3 aromatic rings. The molecule has 0 aromatic heterocycles. The van der Waals surface area contributed by atoms with Crippen LogP contribution in [-0.2, 0) is 4.74 Å². The van der Waals surface area contributed by atoms with E-state index >= 15 is 0 Å². The van der Waals surface area contributed by atoms with Crippen molar-refractivity contribution in [1.29, 1.82) is 0 Å². The van der Waals surface area contributed by atoms with Gasteiger partial charge in [0.25, 0.3) is 17.5 Å². The Balaban J connectivity index is 1.56. The smallest absolute Gasteiger partial charge is 0.338 e. The highest BCUT2D eigenvalue weighted by Crippen LogP contribution is 2.33. The lowest BCUT2D eigenvalue weighted by molar-refractivity contribution is -0.384. The summed E-state index contributed by atoms with van der Waals surface area (Å²) >= 11 is 0. The second kappa shape index (κ2) is 8.31. The molecule has 1 aliphatic heterocycles. The fourth-order valence-electron chi connectivity index (χ4n) is 3.25. The van der Waals surface area contributed by atoms with Gasteiger partial charge in [-0.15, -0.1) is 0 Å². The van der Waals surface area contributed by atoms with Crippen LogP contribution >= 0.6 is 0 Å². The van der Waals surface area contributed by atoms with E-state index in [0.717, 1.165) is 4.90 Å². The van der Waals surface area contributed by atoms with E-state index in [2.05, 4.69) is 0 Å². The Kier molecular flexibility index (Phi) is 5.38. The molecule has 0 radical (unpaired) electrons. The third kappa shape index (κ3) is 3.79. The van der Waals surface area contributed by atoms with Crippen LogP contribution in [0.1, 0.15) is 38.0 Å². The molecule has 0 atom stereocenters. The number of hydrogen-bond donors (Lipinski definition) is 0. The van der Waals surface area contributed by atoms with Crippen molar-refractivity contribution in [1.82, 2.24) is 0 Å². The van der Waals surface area contributed by atoms with Crippen molar-refractivity contribution in [2.45, 2.75) is 6.92 Å². The molecule has 0 saturated carbocycles. The first kappa shape index (κ1) is 20.7.